The number of carbonyl (C=O) groups is 1. The van der Waals surface area contributed by atoms with Gasteiger partial charge in [0.2, 0.25) is 5.91 Å². The first-order chi connectivity index (χ1) is 11.6. The zero-order chi connectivity index (χ0) is 17.1. The molecule has 1 atom stereocenters. The Kier molecular flexibility index (Phi) is 4.65. The van der Waals surface area contributed by atoms with E-state index in [0.717, 1.165) is 11.1 Å². The second kappa shape index (κ2) is 6.87. The van der Waals surface area contributed by atoms with Crippen molar-refractivity contribution in [1.29, 1.82) is 0 Å². The maximum atomic E-state index is 12.2. The topological polar surface area (TPSA) is 46.9 Å². The lowest BCUT2D eigenvalue weighted by Crippen LogP contribution is -2.33. The lowest BCUT2D eigenvalue weighted by atomic mass is 10.0. The van der Waals surface area contributed by atoms with Gasteiger partial charge in [-0.05, 0) is 29.2 Å². The molecule has 3 aromatic rings. The van der Waals surface area contributed by atoms with Gasteiger partial charge in [0.1, 0.15) is 6.04 Å². The summed E-state index contributed by atoms with van der Waals surface area (Å²) in [7, 11) is 0. The molecular formula is C20H23N3O. The lowest BCUT2D eigenvalue weighted by molar-refractivity contribution is -0.124. The number of hydrogen-bond acceptors (Lipinski definition) is 2. The normalized spacial score (nSPS) is 12.5. The number of carbonyl (C=O) groups excluding carboxylic acids is 1. The van der Waals surface area contributed by atoms with Gasteiger partial charge < -0.3 is 5.32 Å². The van der Waals surface area contributed by atoms with Crippen molar-refractivity contribution in [3.05, 3.63) is 54.9 Å². The number of amides is 1. The molecule has 1 amide bonds. The van der Waals surface area contributed by atoms with E-state index in [-0.39, 0.29) is 11.9 Å². The largest absolute Gasteiger partial charge is 0.354 e. The second-order valence-electron chi connectivity index (χ2n) is 6.55. The van der Waals surface area contributed by atoms with Crippen LogP contribution in [-0.2, 0) is 4.79 Å². The molecule has 0 radical (unpaired) electrons. The summed E-state index contributed by atoms with van der Waals surface area (Å²) in [4.78, 5) is 12.2. The van der Waals surface area contributed by atoms with Gasteiger partial charge in [-0.2, -0.15) is 5.10 Å². The van der Waals surface area contributed by atoms with E-state index in [1.54, 1.807) is 4.68 Å². The fourth-order valence-corrected chi connectivity index (χ4v) is 2.74. The lowest BCUT2D eigenvalue weighted by Gasteiger charge is -2.14. The molecule has 0 saturated carbocycles. The number of hydrogen-bond donors (Lipinski definition) is 1. The highest BCUT2D eigenvalue weighted by molar-refractivity contribution is 5.96. The summed E-state index contributed by atoms with van der Waals surface area (Å²) in [6.45, 7) is 6.71. The highest BCUT2D eigenvalue weighted by Gasteiger charge is 2.16. The number of aromatic nitrogens is 2. The molecule has 1 unspecified atom stereocenters. The molecule has 1 aromatic heterocycles. The van der Waals surface area contributed by atoms with Crippen LogP contribution >= 0.6 is 0 Å². The van der Waals surface area contributed by atoms with E-state index >= 15 is 0 Å². The van der Waals surface area contributed by atoms with Crippen LogP contribution in [0.2, 0.25) is 0 Å². The predicted molar refractivity (Wildman–Crippen MR) is 97.7 cm³/mol. The summed E-state index contributed by atoms with van der Waals surface area (Å²) in [5.74, 6) is 0.432. The fraction of sp³-hybridized carbons (Fsp3) is 0.300. The third-order valence-electron chi connectivity index (χ3n) is 4.16. The van der Waals surface area contributed by atoms with E-state index in [2.05, 4.69) is 48.5 Å². The van der Waals surface area contributed by atoms with Gasteiger partial charge in [0, 0.05) is 18.3 Å². The van der Waals surface area contributed by atoms with E-state index in [1.807, 2.05) is 37.5 Å². The van der Waals surface area contributed by atoms with Crippen LogP contribution in [0.3, 0.4) is 0 Å². The van der Waals surface area contributed by atoms with Crippen LogP contribution < -0.4 is 5.32 Å². The molecule has 1 heterocycles. The molecule has 0 aliphatic rings. The van der Waals surface area contributed by atoms with Crippen molar-refractivity contribution in [1.82, 2.24) is 15.1 Å². The highest BCUT2D eigenvalue weighted by atomic mass is 16.2. The molecule has 1 N–H and O–H groups in total. The average molecular weight is 321 g/mol. The summed E-state index contributed by atoms with van der Waals surface area (Å²) in [5.41, 5.74) is 2.16. The van der Waals surface area contributed by atoms with Crippen LogP contribution in [0.1, 0.15) is 26.8 Å². The summed E-state index contributed by atoms with van der Waals surface area (Å²) in [6, 6.07) is 14.2. The molecule has 0 aliphatic heterocycles. The first-order valence-electron chi connectivity index (χ1n) is 8.36. The van der Waals surface area contributed by atoms with Gasteiger partial charge in [-0.25, -0.2) is 0 Å². The van der Waals surface area contributed by atoms with Crippen molar-refractivity contribution >= 4 is 16.7 Å². The SMILES string of the molecule is CC(C)CNC(=O)C(C)n1cc(-c2cccc3ccccc23)cn1. The molecule has 0 spiro atoms. The van der Waals surface area contributed by atoms with Crippen molar-refractivity contribution in [2.24, 2.45) is 5.92 Å². The minimum Gasteiger partial charge on any atom is -0.354 e. The third-order valence-corrected chi connectivity index (χ3v) is 4.16. The Bertz CT molecular complexity index is 845. The van der Waals surface area contributed by atoms with Gasteiger partial charge >= 0.3 is 0 Å². The van der Waals surface area contributed by atoms with Crippen molar-refractivity contribution in [2.45, 2.75) is 26.8 Å². The maximum absolute atomic E-state index is 12.2. The van der Waals surface area contributed by atoms with Crippen LogP contribution in [-0.4, -0.2) is 22.2 Å². The molecule has 124 valence electrons. The van der Waals surface area contributed by atoms with Crippen LogP contribution in [0, 0.1) is 5.92 Å². The molecule has 2 aromatic carbocycles. The van der Waals surface area contributed by atoms with Gasteiger partial charge in [-0.1, -0.05) is 56.3 Å². The van der Waals surface area contributed by atoms with Crippen LogP contribution in [0.5, 0.6) is 0 Å². The molecule has 0 bridgehead atoms. The molecule has 24 heavy (non-hydrogen) atoms. The fourth-order valence-electron chi connectivity index (χ4n) is 2.74. The molecule has 0 aliphatic carbocycles. The van der Waals surface area contributed by atoms with Gasteiger partial charge in [0.25, 0.3) is 0 Å². The van der Waals surface area contributed by atoms with E-state index in [9.17, 15) is 4.79 Å². The Hall–Kier alpha value is -2.62. The predicted octanol–water partition coefficient (Wildman–Crippen LogP) is 4.04. The standard InChI is InChI=1S/C20H23N3O/c1-14(2)11-21-20(24)15(3)23-13-17(12-22-23)19-10-6-8-16-7-4-5-9-18(16)19/h4-10,12-15H,11H2,1-3H3,(H,21,24). The van der Waals surface area contributed by atoms with Gasteiger partial charge in [0.05, 0.1) is 6.20 Å². The molecule has 3 rings (SSSR count). The van der Waals surface area contributed by atoms with E-state index in [1.165, 1.54) is 10.8 Å². The Morgan fingerprint density at radius 2 is 1.88 bits per heavy atom. The minimum absolute atomic E-state index is 0.00345. The van der Waals surface area contributed by atoms with Crippen LogP contribution in [0.15, 0.2) is 54.9 Å². The smallest absolute Gasteiger partial charge is 0.244 e. The molecule has 4 nitrogen and oxygen atoms in total. The first-order valence-corrected chi connectivity index (χ1v) is 8.36. The van der Waals surface area contributed by atoms with Crippen molar-refractivity contribution < 1.29 is 4.79 Å². The van der Waals surface area contributed by atoms with Crippen molar-refractivity contribution in [3.63, 3.8) is 0 Å². The van der Waals surface area contributed by atoms with Crippen molar-refractivity contribution in [2.75, 3.05) is 6.54 Å². The zero-order valence-corrected chi connectivity index (χ0v) is 14.4. The molecule has 0 saturated heterocycles. The number of fused-ring (bicyclic) bond motifs is 1. The van der Waals surface area contributed by atoms with Crippen molar-refractivity contribution in [3.8, 4) is 11.1 Å². The summed E-state index contributed by atoms with van der Waals surface area (Å²) in [5, 5.41) is 9.75. The number of nitrogens with one attached hydrogen (secondary N) is 1. The van der Waals surface area contributed by atoms with Crippen LogP contribution in [0.25, 0.3) is 21.9 Å². The molecule has 4 heteroatoms. The quantitative estimate of drug-likeness (QED) is 0.771. The Morgan fingerprint density at radius 1 is 1.12 bits per heavy atom. The highest BCUT2D eigenvalue weighted by Crippen LogP contribution is 2.28. The number of benzene rings is 2. The maximum Gasteiger partial charge on any atom is 0.244 e. The van der Waals surface area contributed by atoms with E-state index in [0.29, 0.717) is 12.5 Å². The van der Waals surface area contributed by atoms with Crippen LogP contribution in [0.4, 0.5) is 0 Å². The monoisotopic (exact) mass is 321 g/mol. The zero-order valence-electron chi connectivity index (χ0n) is 14.4. The van der Waals surface area contributed by atoms with Gasteiger partial charge in [0.15, 0.2) is 0 Å². The number of nitrogens with zero attached hydrogens (tertiary/aromatic N) is 2. The Labute approximate surface area is 142 Å². The third kappa shape index (κ3) is 3.32. The molecular weight excluding hydrogens is 298 g/mol. The van der Waals surface area contributed by atoms with Gasteiger partial charge in [-0.3, -0.25) is 9.48 Å². The summed E-state index contributed by atoms with van der Waals surface area (Å²) < 4.78 is 1.73. The summed E-state index contributed by atoms with van der Waals surface area (Å²) >= 11 is 0. The first kappa shape index (κ1) is 16.2. The average Bonchev–Trinajstić information content (AvgIpc) is 3.08. The van der Waals surface area contributed by atoms with E-state index in [4.69, 9.17) is 0 Å². The Balaban J connectivity index is 1.86. The Morgan fingerprint density at radius 3 is 2.67 bits per heavy atom. The summed E-state index contributed by atoms with van der Waals surface area (Å²) in [6.07, 6.45) is 3.77. The number of rotatable bonds is 5. The molecule has 0 fully saturated rings. The second-order valence-corrected chi connectivity index (χ2v) is 6.55. The van der Waals surface area contributed by atoms with Gasteiger partial charge in [-0.15, -0.1) is 0 Å². The minimum atomic E-state index is -0.326. The van der Waals surface area contributed by atoms with E-state index < -0.39 is 0 Å².